The fourth-order valence-electron chi connectivity index (χ4n) is 1.74. The third-order valence-electron chi connectivity index (χ3n) is 2.77. The molecule has 1 unspecified atom stereocenters. The van der Waals surface area contributed by atoms with Gasteiger partial charge < -0.3 is 5.32 Å². The molecular weight excluding hydrogens is 287 g/mol. The number of nitrogens with zero attached hydrogens (tertiary/aromatic N) is 1. The van der Waals surface area contributed by atoms with Crippen molar-refractivity contribution in [2.24, 2.45) is 0 Å². The summed E-state index contributed by atoms with van der Waals surface area (Å²) in [5.74, 6) is 0. The summed E-state index contributed by atoms with van der Waals surface area (Å²) in [6, 6.07) is 5.80. The Bertz CT molecular complexity index is 546. The van der Waals surface area contributed by atoms with E-state index in [0.717, 1.165) is 16.3 Å². The Morgan fingerprint density at radius 2 is 1.83 bits per heavy atom. The van der Waals surface area contributed by atoms with Crippen LogP contribution in [0.5, 0.6) is 0 Å². The molecule has 1 aromatic heterocycles. The molecule has 18 heavy (non-hydrogen) atoms. The maximum Gasteiger partial charge on any atom is 0.124 e. The summed E-state index contributed by atoms with van der Waals surface area (Å²) in [4.78, 5) is 5.83. The zero-order valence-electron chi connectivity index (χ0n) is 10.4. The molecule has 0 bridgehead atoms. The molecule has 0 aliphatic heterocycles. The highest BCUT2D eigenvalue weighted by Crippen LogP contribution is 2.34. The highest BCUT2D eigenvalue weighted by atomic mass is 35.5. The molecule has 0 fully saturated rings. The second-order valence-electron chi connectivity index (χ2n) is 4.14. The maximum absolute atomic E-state index is 6.02. The normalized spacial score (nSPS) is 12.7. The van der Waals surface area contributed by atoms with Crippen LogP contribution in [0.15, 0.2) is 18.2 Å². The molecule has 0 aliphatic rings. The van der Waals surface area contributed by atoms with Crippen molar-refractivity contribution in [2.45, 2.75) is 19.9 Å². The number of thiazole rings is 1. The van der Waals surface area contributed by atoms with Crippen molar-refractivity contribution in [3.63, 3.8) is 0 Å². The van der Waals surface area contributed by atoms with Crippen molar-refractivity contribution < 1.29 is 0 Å². The van der Waals surface area contributed by atoms with Crippen LogP contribution in [-0.2, 0) is 0 Å². The highest BCUT2D eigenvalue weighted by molar-refractivity contribution is 7.15. The van der Waals surface area contributed by atoms with Crippen LogP contribution in [0.2, 0.25) is 10.0 Å². The van der Waals surface area contributed by atoms with E-state index in [1.807, 2.05) is 26.1 Å². The molecule has 1 atom stereocenters. The Labute approximate surface area is 121 Å². The summed E-state index contributed by atoms with van der Waals surface area (Å²) < 4.78 is 0. The first-order valence-electron chi connectivity index (χ1n) is 5.62. The zero-order chi connectivity index (χ0) is 13.3. The van der Waals surface area contributed by atoms with Crippen LogP contribution in [0, 0.1) is 6.92 Å². The SMILES string of the molecule is CNC(C)c1sc(-c2cc(Cl)cc(Cl)c2)nc1C. The maximum atomic E-state index is 6.02. The van der Waals surface area contributed by atoms with Gasteiger partial charge >= 0.3 is 0 Å². The van der Waals surface area contributed by atoms with Crippen molar-refractivity contribution in [2.75, 3.05) is 7.05 Å². The van der Waals surface area contributed by atoms with Gasteiger partial charge in [0.1, 0.15) is 5.01 Å². The van der Waals surface area contributed by atoms with Crippen LogP contribution < -0.4 is 5.32 Å². The van der Waals surface area contributed by atoms with E-state index in [9.17, 15) is 0 Å². The van der Waals surface area contributed by atoms with E-state index in [0.29, 0.717) is 16.1 Å². The molecule has 0 saturated heterocycles. The zero-order valence-corrected chi connectivity index (χ0v) is 12.7. The molecule has 2 rings (SSSR count). The molecule has 5 heteroatoms. The van der Waals surface area contributed by atoms with Gasteiger partial charge in [-0.25, -0.2) is 4.98 Å². The van der Waals surface area contributed by atoms with Crippen LogP contribution >= 0.6 is 34.5 Å². The second kappa shape index (κ2) is 5.57. The quantitative estimate of drug-likeness (QED) is 0.888. The summed E-state index contributed by atoms with van der Waals surface area (Å²) >= 11 is 13.7. The van der Waals surface area contributed by atoms with Crippen LogP contribution in [0.25, 0.3) is 10.6 Å². The average Bonchev–Trinajstić information content (AvgIpc) is 2.69. The molecule has 1 N–H and O–H groups in total. The Balaban J connectivity index is 2.45. The summed E-state index contributed by atoms with van der Waals surface area (Å²) in [6.45, 7) is 4.14. The number of hydrogen-bond donors (Lipinski definition) is 1. The number of benzene rings is 1. The minimum Gasteiger partial charge on any atom is -0.312 e. The summed E-state index contributed by atoms with van der Waals surface area (Å²) in [5, 5.41) is 5.45. The predicted molar refractivity (Wildman–Crippen MR) is 79.8 cm³/mol. The molecule has 1 aromatic carbocycles. The lowest BCUT2D eigenvalue weighted by atomic mass is 10.2. The molecule has 96 valence electrons. The fourth-order valence-corrected chi connectivity index (χ4v) is 3.38. The third-order valence-corrected chi connectivity index (χ3v) is 4.59. The van der Waals surface area contributed by atoms with Gasteiger partial charge in [-0.15, -0.1) is 11.3 Å². The Kier molecular flexibility index (Phi) is 4.28. The van der Waals surface area contributed by atoms with Crippen molar-refractivity contribution in [1.29, 1.82) is 0 Å². The lowest BCUT2D eigenvalue weighted by Gasteiger charge is -2.06. The lowest BCUT2D eigenvalue weighted by molar-refractivity contribution is 0.658. The van der Waals surface area contributed by atoms with Crippen molar-refractivity contribution in [1.82, 2.24) is 10.3 Å². The molecule has 1 heterocycles. The summed E-state index contributed by atoms with van der Waals surface area (Å²) in [5.41, 5.74) is 2.02. The average molecular weight is 301 g/mol. The lowest BCUT2D eigenvalue weighted by Crippen LogP contribution is -2.11. The first-order valence-corrected chi connectivity index (χ1v) is 7.19. The first-order chi connectivity index (χ1) is 8.51. The number of rotatable bonds is 3. The van der Waals surface area contributed by atoms with Gasteiger partial charge in [-0.2, -0.15) is 0 Å². The molecule has 0 saturated carbocycles. The van der Waals surface area contributed by atoms with Gasteiger partial charge in [0.25, 0.3) is 0 Å². The van der Waals surface area contributed by atoms with Crippen LogP contribution in [-0.4, -0.2) is 12.0 Å². The largest absolute Gasteiger partial charge is 0.312 e. The number of halogens is 2. The summed E-state index contributed by atoms with van der Waals surface area (Å²) in [6.07, 6.45) is 0. The second-order valence-corrected chi connectivity index (χ2v) is 6.04. The van der Waals surface area contributed by atoms with Gasteiger partial charge in [-0.1, -0.05) is 23.2 Å². The molecular formula is C13H14Cl2N2S. The molecule has 0 amide bonds. The van der Waals surface area contributed by atoms with Gasteiger partial charge in [-0.3, -0.25) is 0 Å². The molecule has 0 radical (unpaired) electrons. The van der Waals surface area contributed by atoms with Crippen molar-refractivity contribution in [3.05, 3.63) is 38.8 Å². The predicted octanol–water partition coefficient (Wildman–Crippen LogP) is 4.71. The smallest absolute Gasteiger partial charge is 0.124 e. The number of hydrogen-bond acceptors (Lipinski definition) is 3. The molecule has 2 aromatic rings. The van der Waals surface area contributed by atoms with E-state index in [2.05, 4.69) is 17.2 Å². The van der Waals surface area contributed by atoms with Crippen molar-refractivity contribution >= 4 is 34.5 Å². The standard InChI is InChI=1S/C13H14Cl2N2S/c1-7(16-3)12-8(2)17-13(18-12)9-4-10(14)6-11(15)5-9/h4-7,16H,1-3H3. The van der Waals surface area contributed by atoms with Crippen LogP contribution in [0.4, 0.5) is 0 Å². The topological polar surface area (TPSA) is 24.9 Å². The number of aryl methyl sites for hydroxylation is 1. The van der Waals surface area contributed by atoms with Crippen LogP contribution in [0.1, 0.15) is 23.5 Å². The summed E-state index contributed by atoms with van der Waals surface area (Å²) in [7, 11) is 1.94. The van der Waals surface area contributed by atoms with E-state index < -0.39 is 0 Å². The van der Waals surface area contributed by atoms with Crippen LogP contribution in [0.3, 0.4) is 0 Å². The van der Waals surface area contributed by atoms with E-state index in [-0.39, 0.29) is 0 Å². The molecule has 0 aliphatic carbocycles. The van der Waals surface area contributed by atoms with Crippen molar-refractivity contribution in [3.8, 4) is 10.6 Å². The van der Waals surface area contributed by atoms with Gasteiger partial charge in [0, 0.05) is 26.5 Å². The van der Waals surface area contributed by atoms with Gasteiger partial charge in [0.05, 0.1) is 5.69 Å². The third kappa shape index (κ3) is 2.86. The number of aromatic nitrogens is 1. The van der Waals surface area contributed by atoms with E-state index in [1.165, 1.54) is 4.88 Å². The highest BCUT2D eigenvalue weighted by Gasteiger charge is 2.14. The Hall–Kier alpha value is -0.610. The van der Waals surface area contributed by atoms with Gasteiger partial charge in [-0.05, 0) is 39.1 Å². The number of nitrogens with one attached hydrogen (secondary N) is 1. The molecule has 2 nitrogen and oxygen atoms in total. The fraction of sp³-hybridized carbons (Fsp3) is 0.308. The monoisotopic (exact) mass is 300 g/mol. The van der Waals surface area contributed by atoms with Gasteiger partial charge in [0.15, 0.2) is 0 Å². The van der Waals surface area contributed by atoms with E-state index >= 15 is 0 Å². The van der Waals surface area contributed by atoms with E-state index in [1.54, 1.807) is 17.4 Å². The minimum absolute atomic E-state index is 0.297. The van der Waals surface area contributed by atoms with E-state index in [4.69, 9.17) is 23.2 Å². The Morgan fingerprint density at radius 1 is 1.22 bits per heavy atom. The van der Waals surface area contributed by atoms with Gasteiger partial charge in [0.2, 0.25) is 0 Å². The minimum atomic E-state index is 0.297. The first kappa shape index (κ1) is 13.8. The molecule has 0 spiro atoms. The Morgan fingerprint density at radius 3 is 2.39 bits per heavy atom.